The van der Waals surface area contributed by atoms with Gasteiger partial charge in [-0.1, -0.05) is 18.2 Å². The van der Waals surface area contributed by atoms with Gasteiger partial charge < -0.3 is 14.1 Å². The van der Waals surface area contributed by atoms with Crippen molar-refractivity contribution in [3.8, 4) is 5.75 Å². The lowest BCUT2D eigenvalue weighted by molar-refractivity contribution is -0.142. The molecule has 182 valence electrons. The van der Waals surface area contributed by atoms with Crippen LogP contribution >= 0.6 is 0 Å². The number of ether oxygens (including phenoxy) is 1. The van der Waals surface area contributed by atoms with Gasteiger partial charge in [0.25, 0.3) is 15.9 Å². The molecule has 0 aliphatic heterocycles. The van der Waals surface area contributed by atoms with E-state index in [0.717, 1.165) is 10.4 Å². The van der Waals surface area contributed by atoms with E-state index in [1.807, 2.05) is 0 Å². The third-order valence-corrected chi connectivity index (χ3v) is 6.87. The minimum Gasteiger partial charge on any atom is -0.495 e. The van der Waals surface area contributed by atoms with Crippen LogP contribution in [0.1, 0.15) is 21.7 Å². The summed E-state index contributed by atoms with van der Waals surface area (Å²) >= 11 is 0. The number of amides is 1. The molecule has 0 radical (unpaired) electrons. The van der Waals surface area contributed by atoms with Gasteiger partial charge in [0.05, 0.1) is 30.5 Å². The molecule has 1 heterocycles. The first-order chi connectivity index (χ1) is 15.9. The van der Waals surface area contributed by atoms with Crippen LogP contribution in [0.3, 0.4) is 0 Å². The van der Waals surface area contributed by atoms with Crippen LogP contribution < -0.4 is 9.04 Å². The molecule has 3 rings (SSSR count). The molecule has 1 aromatic heterocycles. The van der Waals surface area contributed by atoms with Crippen molar-refractivity contribution in [1.29, 1.82) is 0 Å². The van der Waals surface area contributed by atoms with E-state index in [4.69, 9.17) is 9.15 Å². The number of nitrogens with zero attached hydrogens (tertiary/aromatic N) is 2. The zero-order valence-corrected chi connectivity index (χ0v) is 19.5. The van der Waals surface area contributed by atoms with Gasteiger partial charge in [0.1, 0.15) is 18.1 Å². The van der Waals surface area contributed by atoms with Crippen LogP contribution in [0.25, 0.3) is 0 Å². The maximum absolute atomic E-state index is 13.3. The molecule has 0 fully saturated rings. The van der Waals surface area contributed by atoms with Crippen molar-refractivity contribution in [2.75, 3.05) is 25.0 Å². The number of anilines is 1. The maximum Gasteiger partial charge on any atom is 0.406 e. The zero-order valence-electron chi connectivity index (χ0n) is 18.7. The molecule has 1 amide bonds. The highest BCUT2D eigenvalue weighted by molar-refractivity contribution is 7.92. The number of sulfonamides is 1. The van der Waals surface area contributed by atoms with Crippen molar-refractivity contribution in [2.24, 2.45) is 0 Å². The van der Waals surface area contributed by atoms with Gasteiger partial charge >= 0.3 is 6.18 Å². The quantitative estimate of drug-likeness (QED) is 0.455. The number of halogens is 3. The van der Waals surface area contributed by atoms with Crippen LogP contribution in [0, 0.1) is 6.92 Å². The summed E-state index contributed by atoms with van der Waals surface area (Å²) in [6.45, 7) is -0.431. The van der Waals surface area contributed by atoms with Gasteiger partial charge in [-0.25, -0.2) is 8.42 Å². The van der Waals surface area contributed by atoms with Crippen molar-refractivity contribution in [3.05, 3.63) is 77.7 Å². The Morgan fingerprint density at radius 2 is 1.79 bits per heavy atom. The monoisotopic (exact) mass is 496 g/mol. The normalized spacial score (nSPS) is 11.8. The maximum atomic E-state index is 13.3. The number of methoxy groups -OCH3 is 1. The Hall–Kier alpha value is -3.47. The van der Waals surface area contributed by atoms with Crippen LogP contribution in [0.5, 0.6) is 5.75 Å². The van der Waals surface area contributed by atoms with Crippen molar-refractivity contribution in [2.45, 2.75) is 24.5 Å². The third-order valence-electron chi connectivity index (χ3n) is 5.11. The lowest BCUT2D eigenvalue weighted by atomic mass is 10.1. The van der Waals surface area contributed by atoms with Gasteiger partial charge in [-0.05, 0) is 48.9 Å². The number of para-hydroxylation sites is 2. The molecule has 0 N–H and O–H groups in total. The third kappa shape index (κ3) is 5.53. The lowest BCUT2D eigenvalue weighted by Gasteiger charge is -2.25. The number of aryl methyl sites for hydroxylation is 1. The van der Waals surface area contributed by atoms with Gasteiger partial charge in [-0.2, -0.15) is 13.2 Å². The van der Waals surface area contributed by atoms with E-state index in [-0.39, 0.29) is 21.9 Å². The number of rotatable bonds is 8. The fourth-order valence-electron chi connectivity index (χ4n) is 3.35. The lowest BCUT2D eigenvalue weighted by Crippen LogP contribution is -2.38. The predicted molar refractivity (Wildman–Crippen MR) is 119 cm³/mol. The fraction of sp³-hybridized carbons (Fsp3) is 0.261. The minimum atomic E-state index is -4.66. The molecule has 0 atom stereocenters. The number of alkyl halides is 3. The summed E-state index contributed by atoms with van der Waals surface area (Å²) in [5, 5.41) is 0. The Balaban J connectivity index is 2.00. The second-order valence-corrected chi connectivity index (χ2v) is 9.45. The topological polar surface area (TPSA) is 80.1 Å². The van der Waals surface area contributed by atoms with Crippen molar-refractivity contribution in [3.63, 3.8) is 0 Å². The van der Waals surface area contributed by atoms with Gasteiger partial charge in [0.15, 0.2) is 0 Å². The molecule has 0 aliphatic carbocycles. The van der Waals surface area contributed by atoms with Gasteiger partial charge in [-0.3, -0.25) is 9.10 Å². The van der Waals surface area contributed by atoms with Crippen LogP contribution in [0.4, 0.5) is 18.9 Å². The summed E-state index contributed by atoms with van der Waals surface area (Å²) in [5.74, 6) is -0.495. The van der Waals surface area contributed by atoms with Crippen LogP contribution in [0.2, 0.25) is 0 Å². The molecule has 0 bridgehead atoms. The van der Waals surface area contributed by atoms with Gasteiger partial charge in [-0.15, -0.1) is 0 Å². The van der Waals surface area contributed by atoms with E-state index in [1.54, 1.807) is 24.3 Å². The summed E-state index contributed by atoms with van der Waals surface area (Å²) in [5.41, 5.74) is 0.427. The smallest absolute Gasteiger partial charge is 0.406 e. The van der Waals surface area contributed by atoms with Crippen molar-refractivity contribution >= 4 is 21.6 Å². The molecule has 34 heavy (non-hydrogen) atoms. The first kappa shape index (κ1) is 25.2. The summed E-state index contributed by atoms with van der Waals surface area (Å²) in [7, 11) is -1.45. The molecule has 7 nitrogen and oxygen atoms in total. The highest BCUT2D eigenvalue weighted by Crippen LogP contribution is 2.31. The Morgan fingerprint density at radius 1 is 1.09 bits per heavy atom. The summed E-state index contributed by atoms with van der Waals surface area (Å²) in [6.07, 6.45) is -3.37. The van der Waals surface area contributed by atoms with E-state index in [0.29, 0.717) is 16.2 Å². The van der Waals surface area contributed by atoms with Crippen LogP contribution in [-0.4, -0.2) is 46.1 Å². The van der Waals surface area contributed by atoms with E-state index < -0.39 is 35.2 Å². The Kier molecular flexibility index (Phi) is 7.25. The molecule has 11 heteroatoms. The fourth-order valence-corrected chi connectivity index (χ4v) is 4.58. The average Bonchev–Trinajstić information content (AvgIpc) is 3.30. The summed E-state index contributed by atoms with van der Waals surface area (Å²) in [4.78, 5) is 13.5. The SMILES string of the molecule is COc1ccccc1N(C)S(=O)(=O)c1ccc(C)c(C(=O)N(Cc2ccco2)CC(F)(F)F)c1. The number of hydrogen-bond donors (Lipinski definition) is 0. The zero-order chi connectivity index (χ0) is 25.1. The highest BCUT2D eigenvalue weighted by Gasteiger charge is 2.35. The predicted octanol–water partition coefficient (Wildman–Crippen LogP) is 4.63. The molecule has 3 aromatic rings. The number of carbonyl (C=O) groups excluding carboxylic acids is 1. The van der Waals surface area contributed by atoms with E-state index in [1.165, 1.54) is 51.6 Å². The summed E-state index contributed by atoms with van der Waals surface area (Å²) < 4.78 is 77.5. The molecule has 0 spiro atoms. The Morgan fingerprint density at radius 3 is 2.41 bits per heavy atom. The largest absolute Gasteiger partial charge is 0.495 e. The Labute approximate surface area is 195 Å². The molecular weight excluding hydrogens is 473 g/mol. The Bertz CT molecular complexity index is 1260. The van der Waals surface area contributed by atoms with Crippen molar-refractivity contribution in [1.82, 2.24) is 4.90 Å². The van der Waals surface area contributed by atoms with Gasteiger partial charge in [0, 0.05) is 12.6 Å². The van der Waals surface area contributed by atoms with Gasteiger partial charge in [0.2, 0.25) is 0 Å². The van der Waals surface area contributed by atoms with E-state index in [9.17, 15) is 26.4 Å². The number of benzene rings is 2. The van der Waals surface area contributed by atoms with Crippen LogP contribution in [-0.2, 0) is 16.6 Å². The second kappa shape index (κ2) is 9.80. The molecule has 0 saturated carbocycles. The average molecular weight is 497 g/mol. The number of hydrogen-bond acceptors (Lipinski definition) is 5. The minimum absolute atomic E-state index is 0.162. The van der Waals surface area contributed by atoms with E-state index >= 15 is 0 Å². The molecule has 2 aromatic carbocycles. The molecule has 0 aliphatic rings. The van der Waals surface area contributed by atoms with Crippen LogP contribution in [0.15, 0.2) is 70.2 Å². The van der Waals surface area contributed by atoms with E-state index in [2.05, 4.69) is 0 Å². The second-order valence-electron chi connectivity index (χ2n) is 7.48. The van der Waals surface area contributed by atoms with Crippen molar-refractivity contribution < 1.29 is 35.5 Å². The standard InChI is InChI=1S/C23H23F3N2O5S/c1-16-10-11-18(34(30,31)27(2)20-8-4-5-9-21(20)32-3)13-19(16)22(29)28(15-23(24,25)26)14-17-7-6-12-33-17/h4-13H,14-15H2,1-3H3. The first-order valence-electron chi connectivity index (χ1n) is 10.0. The molecule has 0 saturated heterocycles. The molecular formula is C23H23F3N2O5S. The summed E-state index contributed by atoms with van der Waals surface area (Å²) in [6, 6.07) is 13.2. The first-order valence-corrected chi connectivity index (χ1v) is 11.5. The number of carbonyl (C=O) groups is 1. The number of furan rings is 1. The molecule has 0 unspecified atom stereocenters. The highest BCUT2D eigenvalue weighted by atomic mass is 32.2.